The molecule has 1 heterocycles. The van der Waals surface area contributed by atoms with Gasteiger partial charge in [-0.05, 0) is 32.2 Å². The van der Waals surface area contributed by atoms with Gasteiger partial charge in [0, 0.05) is 23.4 Å². The Balaban J connectivity index is 2.04. The monoisotopic (exact) mass is 258 g/mol. The summed E-state index contributed by atoms with van der Waals surface area (Å²) in [5.41, 5.74) is 0. The van der Waals surface area contributed by atoms with Crippen LogP contribution in [0.3, 0.4) is 0 Å². The molecule has 0 bridgehead atoms. The molecular formula is C12H22N2S2. The van der Waals surface area contributed by atoms with Crippen LogP contribution in [-0.2, 0) is 0 Å². The van der Waals surface area contributed by atoms with Gasteiger partial charge in [-0.1, -0.05) is 25.6 Å². The standard InChI is InChI=1S/C12H22N2S2/c1-3-7-13-11(4-2)6-5-9-15-12-14-8-10-16-12/h8,10-11,13H,3-7,9H2,1-2H3. The topological polar surface area (TPSA) is 24.9 Å². The van der Waals surface area contributed by atoms with E-state index in [0.29, 0.717) is 6.04 Å². The van der Waals surface area contributed by atoms with Crippen LogP contribution < -0.4 is 5.32 Å². The molecule has 0 aromatic carbocycles. The molecule has 0 amide bonds. The second-order valence-electron chi connectivity index (χ2n) is 3.85. The van der Waals surface area contributed by atoms with E-state index in [0.717, 1.165) is 6.54 Å². The highest BCUT2D eigenvalue weighted by atomic mass is 32.2. The van der Waals surface area contributed by atoms with E-state index in [1.54, 1.807) is 11.3 Å². The predicted octanol–water partition coefficient (Wildman–Crippen LogP) is 3.79. The number of thiazole rings is 1. The first-order chi connectivity index (χ1) is 7.86. The Labute approximate surface area is 107 Å². The molecule has 1 aromatic heterocycles. The highest BCUT2D eigenvalue weighted by Gasteiger charge is 2.04. The Hall–Kier alpha value is -0.0600. The summed E-state index contributed by atoms with van der Waals surface area (Å²) >= 11 is 3.62. The van der Waals surface area contributed by atoms with Crippen LogP contribution in [0.5, 0.6) is 0 Å². The van der Waals surface area contributed by atoms with E-state index in [4.69, 9.17) is 0 Å². The molecule has 0 aliphatic carbocycles. The largest absolute Gasteiger partial charge is 0.314 e. The van der Waals surface area contributed by atoms with Crippen LogP contribution >= 0.6 is 23.1 Å². The minimum absolute atomic E-state index is 0.705. The van der Waals surface area contributed by atoms with Crippen LogP contribution in [0.1, 0.15) is 39.5 Å². The molecule has 92 valence electrons. The van der Waals surface area contributed by atoms with Crippen LogP contribution in [-0.4, -0.2) is 23.3 Å². The predicted molar refractivity (Wildman–Crippen MR) is 74.4 cm³/mol. The number of aromatic nitrogens is 1. The van der Waals surface area contributed by atoms with Crippen molar-refractivity contribution in [2.24, 2.45) is 0 Å². The van der Waals surface area contributed by atoms with Crippen molar-refractivity contribution in [1.82, 2.24) is 10.3 Å². The smallest absolute Gasteiger partial charge is 0.149 e. The molecule has 0 aliphatic heterocycles. The van der Waals surface area contributed by atoms with Crippen LogP contribution in [0.15, 0.2) is 15.9 Å². The minimum Gasteiger partial charge on any atom is -0.314 e. The van der Waals surface area contributed by atoms with Crippen molar-refractivity contribution in [2.45, 2.75) is 49.9 Å². The van der Waals surface area contributed by atoms with Crippen LogP contribution in [0.4, 0.5) is 0 Å². The van der Waals surface area contributed by atoms with Gasteiger partial charge in [0.15, 0.2) is 0 Å². The van der Waals surface area contributed by atoms with Gasteiger partial charge in [0.25, 0.3) is 0 Å². The number of rotatable bonds is 9. The maximum atomic E-state index is 4.27. The lowest BCUT2D eigenvalue weighted by molar-refractivity contribution is 0.465. The molecule has 0 saturated carbocycles. The lowest BCUT2D eigenvalue weighted by Gasteiger charge is -2.15. The van der Waals surface area contributed by atoms with Crippen LogP contribution in [0, 0.1) is 0 Å². The van der Waals surface area contributed by atoms with E-state index in [-0.39, 0.29) is 0 Å². The summed E-state index contributed by atoms with van der Waals surface area (Å²) in [7, 11) is 0. The number of nitrogens with one attached hydrogen (secondary N) is 1. The van der Waals surface area contributed by atoms with E-state index in [1.807, 2.05) is 23.3 Å². The molecule has 1 aromatic rings. The normalized spacial score (nSPS) is 12.9. The third-order valence-corrected chi connectivity index (χ3v) is 4.56. The fraction of sp³-hybridized carbons (Fsp3) is 0.750. The summed E-state index contributed by atoms with van der Waals surface area (Å²) in [5.74, 6) is 1.19. The first kappa shape index (κ1) is 14.0. The number of thioether (sulfide) groups is 1. The lowest BCUT2D eigenvalue weighted by Crippen LogP contribution is -2.29. The fourth-order valence-electron chi connectivity index (χ4n) is 1.57. The lowest BCUT2D eigenvalue weighted by atomic mass is 10.1. The third-order valence-electron chi connectivity index (χ3n) is 2.51. The van der Waals surface area contributed by atoms with Gasteiger partial charge in [0.2, 0.25) is 0 Å². The summed E-state index contributed by atoms with van der Waals surface area (Å²) in [6, 6.07) is 0.705. The summed E-state index contributed by atoms with van der Waals surface area (Å²) < 4.78 is 1.20. The van der Waals surface area contributed by atoms with Gasteiger partial charge in [-0.3, -0.25) is 0 Å². The van der Waals surface area contributed by atoms with Crippen LogP contribution in [0.2, 0.25) is 0 Å². The number of hydrogen-bond donors (Lipinski definition) is 1. The molecule has 0 aliphatic rings. The molecular weight excluding hydrogens is 236 g/mol. The zero-order chi connectivity index (χ0) is 11.6. The molecule has 0 radical (unpaired) electrons. The first-order valence-corrected chi connectivity index (χ1v) is 7.99. The van der Waals surface area contributed by atoms with Crippen molar-refractivity contribution in [3.05, 3.63) is 11.6 Å². The Morgan fingerprint density at radius 3 is 3.00 bits per heavy atom. The van der Waals surface area contributed by atoms with Crippen molar-refractivity contribution in [3.8, 4) is 0 Å². The average molecular weight is 258 g/mol. The SMILES string of the molecule is CCCNC(CC)CCCSc1nccs1. The van der Waals surface area contributed by atoms with Gasteiger partial charge < -0.3 is 5.32 Å². The van der Waals surface area contributed by atoms with Gasteiger partial charge in [0.05, 0.1) is 0 Å². The summed E-state index contributed by atoms with van der Waals surface area (Å²) in [6.45, 7) is 5.64. The van der Waals surface area contributed by atoms with Gasteiger partial charge >= 0.3 is 0 Å². The number of hydrogen-bond acceptors (Lipinski definition) is 4. The highest BCUT2D eigenvalue weighted by molar-refractivity contribution is 8.00. The molecule has 1 unspecified atom stereocenters. The van der Waals surface area contributed by atoms with Crippen LogP contribution in [0.25, 0.3) is 0 Å². The van der Waals surface area contributed by atoms with Crippen molar-refractivity contribution in [2.75, 3.05) is 12.3 Å². The maximum Gasteiger partial charge on any atom is 0.149 e. The van der Waals surface area contributed by atoms with Crippen molar-refractivity contribution < 1.29 is 0 Å². The van der Waals surface area contributed by atoms with E-state index in [9.17, 15) is 0 Å². The Morgan fingerprint density at radius 1 is 1.50 bits per heavy atom. The minimum atomic E-state index is 0.705. The molecule has 2 nitrogen and oxygen atoms in total. The number of nitrogens with zero attached hydrogens (tertiary/aromatic N) is 1. The first-order valence-electron chi connectivity index (χ1n) is 6.12. The zero-order valence-corrected chi connectivity index (χ0v) is 11.9. The van der Waals surface area contributed by atoms with E-state index in [2.05, 4.69) is 24.1 Å². The molecule has 16 heavy (non-hydrogen) atoms. The van der Waals surface area contributed by atoms with Crippen molar-refractivity contribution in [3.63, 3.8) is 0 Å². The van der Waals surface area contributed by atoms with Crippen molar-refractivity contribution in [1.29, 1.82) is 0 Å². The Bertz CT molecular complexity index is 250. The molecule has 1 rings (SSSR count). The summed E-state index contributed by atoms with van der Waals surface area (Å²) in [6.07, 6.45) is 6.91. The second kappa shape index (κ2) is 9.02. The molecule has 4 heteroatoms. The van der Waals surface area contributed by atoms with Gasteiger partial charge in [0.1, 0.15) is 4.34 Å². The molecule has 0 saturated heterocycles. The Morgan fingerprint density at radius 2 is 2.38 bits per heavy atom. The van der Waals surface area contributed by atoms with E-state index < -0.39 is 0 Å². The quantitative estimate of drug-likeness (QED) is 0.539. The molecule has 1 atom stereocenters. The fourth-order valence-corrected chi connectivity index (χ4v) is 3.24. The summed E-state index contributed by atoms with van der Waals surface area (Å²) in [4.78, 5) is 4.27. The van der Waals surface area contributed by atoms with Gasteiger partial charge in [-0.15, -0.1) is 11.3 Å². The maximum absolute atomic E-state index is 4.27. The third kappa shape index (κ3) is 5.87. The molecule has 1 N–H and O–H groups in total. The zero-order valence-electron chi connectivity index (χ0n) is 10.2. The second-order valence-corrected chi connectivity index (χ2v) is 6.08. The Kier molecular flexibility index (Phi) is 7.89. The average Bonchev–Trinajstić information content (AvgIpc) is 2.81. The van der Waals surface area contributed by atoms with E-state index in [1.165, 1.54) is 35.8 Å². The molecule has 0 spiro atoms. The van der Waals surface area contributed by atoms with Crippen molar-refractivity contribution >= 4 is 23.1 Å². The van der Waals surface area contributed by atoms with E-state index >= 15 is 0 Å². The summed E-state index contributed by atoms with van der Waals surface area (Å²) in [5, 5.41) is 5.63. The van der Waals surface area contributed by atoms with Gasteiger partial charge in [-0.25, -0.2) is 4.98 Å². The molecule has 0 fully saturated rings. The highest BCUT2D eigenvalue weighted by Crippen LogP contribution is 2.21. The van der Waals surface area contributed by atoms with Gasteiger partial charge in [-0.2, -0.15) is 0 Å².